The van der Waals surface area contributed by atoms with Crippen LogP contribution in [0.15, 0.2) is 66.7 Å². The molecule has 0 saturated carbocycles. The van der Waals surface area contributed by atoms with Gasteiger partial charge in [-0.15, -0.1) is 0 Å². The van der Waals surface area contributed by atoms with Gasteiger partial charge >= 0.3 is 0 Å². The highest BCUT2D eigenvalue weighted by Crippen LogP contribution is 2.59. The molecule has 4 heterocycles. The molecule has 4 N–H and O–H groups in total. The van der Waals surface area contributed by atoms with Gasteiger partial charge in [-0.3, -0.25) is 14.4 Å². The SMILES string of the molecule is COc1ccc([Si](C)(C)[C@@H]2[C@@H](CC(=O)N3Cc4ccccc4C[C@H]3CO)O[C@]3(C(=O)Nc4ccc(NC(=O)C5CCCNC5)cc43)[C@H]2C)cc1. The second kappa shape index (κ2) is 13.6. The van der Waals surface area contributed by atoms with Gasteiger partial charge in [0.2, 0.25) is 11.8 Å². The van der Waals surface area contributed by atoms with Crippen LogP contribution >= 0.6 is 0 Å². The van der Waals surface area contributed by atoms with Gasteiger partial charge in [-0.05, 0) is 72.8 Å². The Hall–Kier alpha value is -4.03. The molecule has 3 aromatic carbocycles. The number of hydrogen-bond donors (Lipinski definition) is 4. The summed E-state index contributed by atoms with van der Waals surface area (Å²) < 4.78 is 12.5. The number of nitrogens with one attached hydrogen (secondary N) is 3. The second-order valence-corrected chi connectivity index (χ2v) is 19.6. The summed E-state index contributed by atoms with van der Waals surface area (Å²) in [5.41, 5.74) is 2.71. The number of amides is 3. The Bertz CT molecular complexity index is 1780. The van der Waals surface area contributed by atoms with Crippen LogP contribution in [0.5, 0.6) is 5.75 Å². The maximum atomic E-state index is 14.4. The first-order valence-electron chi connectivity index (χ1n) is 17.8. The molecule has 264 valence electrons. The highest BCUT2D eigenvalue weighted by atomic mass is 28.3. The van der Waals surface area contributed by atoms with Crippen molar-refractivity contribution in [2.75, 3.05) is 37.4 Å². The van der Waals surface area contributed by atoms with E-state index in [0.717, 1.165) is 36.3 Å². The predicted molar refractivity (Wildman–Crippen MR) is 195 cm³/mol. The van der Waals surface area contributed by atoms with Gasteiger partial charge in [-0.1, -0.05) is 61.6 Å². The Morgan fingerprint density at radius 3 is 2.56 bits per heavy atom. The number of methoxy groups -OCH3 is 1. The standard InChI is InChI=1S/C39H48N4O6Si/c1-24-36(50(3,4)31-14-12-30(48-2)13-15-31)34(20-35(45)43-22-27-9-6-5-8-25(27)18-29(43)23-44)49-39(24)32-19-28(11-16-33(32)42-38(39)47)41-37(46)26-10-7-17-40-21-26/h5-6,8-9,11-16,19,24,26,29,34,36,40,44H,7,10,17-18,20-23H2,1-4H3,(H,41,46)(H,42,47)/t24-,26?,29-,34+,36-,39+/m0/s1. The Balaban J connectivity index is 1.24. The van der Waals surface area contributed by atoms with E-state index in [9.17, 15) is 19.5 Å². The summed E-state index contributed by atoms with van der Waals surface area (Å²) in [7, 11) is -0.825. The van der Waals surface area contributed by atoms with E-state index in [4.69, 9.17) is 9.47 Å². The average molecular weight is 697 g/mol. The van der Waals surface area contributed by atoms with E-state index >= 15 is 0 Å². The summed E-state index contributed by atoms with van der Waals surface area (Å²) in [4.78, 5) is 43.6. The molecule has 0 aromatic heterocycles. The van der Waals surface area contributed by atoms with Crippen molar-refractivity contribution in [2.45, 2.75) is 75.5 Å². The molecule has 10 nitrogen and oxygen atoms in total. The number of carbonyl (C=O) groups excluding carboxylic acids is 3. The molecule has 1 spiro atoms. The van der Waals surface area contributed by atoms with Crippen LogP contribution < -0.4 is 25.9 Å². The van der Waals surface area contributed by atoms with E-state index < -0.39 is 19.8 Å². The quantitative estimate of drug-likeness (QED) is 0.261. The van der Waals surface area contributed by atoms with Crippen molar-refractivity contribution in [3.05, 3.63) is 83.4 Å². The number of fused-ring (bicyclic) bond motifs is 3. The number of aliphatic hydroxyl groups excluding tert-OH is 1. The lowest BCUT2D eigenvalue weighted by atomic mass is 9.82. The Labute approximate surface area is 294 Å². The zero-order chi connectivity index (χ0) is 35.2. The first-order valence-corrected chi connectivity index (χ1v) is 20.9. The number of benzene rings is 3. The molecule has 3 amide bonds. The molecule has 3 aromatic rings. The fourth-order valence-corrected chi connectivity index (χ4v) is 13.1. The molecule has 1 unspecified atom stereocenters. The first-order chi connectivity index (χ1) is 24.1. The van der Waals surface area contributed by atoms with Crippen LogP contribution in [-0.2, 0) is 37.7 Å². The average Bonchev–Trinajstić information content (AvgIpc) is 3.59. The molecule has 0 bridgehead atoms. The van der Waals surface area contributed by atoms with E-state index in [2.05, 4.69) is 54.2 Å². The lowest BCUT2D eigenvalue weighted by Crippen LogP contribution is -2.52. The summed E-state index contributed by atoms with van der Waals surface area (Å²) in [6, 6.07) is 21.4. The normalized spacial score (nSPS) is 27.4. The highest BCUT2D eigenvalue weighted by molar-refractivity contribution is 6.91. The fraction of sp³-hybridized carbons (Fsp3) is 0.462. The number of aliphatic hydroxyl groups is 1. The van der Waals surface area contributed by atoms with Gasteiger partial charge in [0.25, 0.3) is 5.91 Å². The summed E-state index contributed by atoms with van der Waals surface area (Å²) in [6.45, 7) is 8.49. The van der Waals surface area contributed by atoms with Crippen LogP contribution in [0.25, 0.3) is 0 Å². The lowest BCUT2D eigenvalue weighted by molar-refractivity contribution is -0.149. The molecule has 11 heteroatoms. The molecule has 6 atom stereocenters. The van der Waals surface area contributed by atoms with E-state index in [1.165, 1.54) is 5.19 Å². The number of nitrogens with zero attached hydrogens (tertiary/aromatic N) is 1. The summed E-state index contributed by atoms with van der Waals surface area (Å²) >= 11 is 0. The van der Waals surface area contributed by atoms with Crippen LogP contribution in [0.4, 0.5) is 11.4 Å². The van der Waals surface area contributed by atoms with Crippen LogP contribution in [0.1, 0.15) is 42.9 Å². The van der Waals surface area contributed by atoms with Gasteiger partial charge in [0.05, 0.1) is 46.3 Å². The van der Waals surface area contributed by atoms with Crippen molar-refractivity contribution >= 4 is 42.4 Å². The largest absolute Gasteiger partial charge is 0.497 e. The maximum Gasteiger partial charge on any atom is 0.261 e. The molecule has 0 aliphatic carbocycles. The number of piperidine rings is 1. The topological polar surface area (TPSA) is 129 Å². The van der Waals surface area contributed by atoms with Crippen molar-refractivity contribution in [1.82, 2.24) is 10.2 Å². The third kappa shape index (κ3) is 5.93. The smallest absolute Gasteiger partial charge is 0.261 e. The highest BCUT2D eigenvalue weighted by Gasteiger charge is 2.65. The Morgan fingerprint density at radius 1 is 1.10 bits per heavy atom. The van der Waals surface area contributed by atoms with Crippen molar-refractivity contribution in [3.8, 4) is 5.75 Å². The maximum absolute atomic E-state index is 14.4. The van der Waals surface area contributed by atoms with E-state index in [0.29, 0.717) is 36.4 Å². The minimum Gasteiger partial charge on any atom is -0.497 e. The molecule has 4 aliphatic heterocycles. The van der Waals surface area contributed by atoms with Gasteiger partial charge in [0, 0.05) is 35.9 Å². The molecule has 0 radical (unpaired) electrons. The van der Waals surface area contributed by atoms with Gasteiger partial charge in [0.15, 0.2) is 5.60 Å². The second-order valence-electron chi connectivity index (χ2n) is 14.9. The number of carbonyl (C=O) groups is 3. The van der Waals surface area contributed by atoms with Crippen molar-refractivity contribution in [3.63, 3.8) is 0 Å². The zero-order valence-electron chi connectivity index (χ0n) is 29.3. The number of rotatable bonds is 8. The number of hydrogen-bond acceptors (Lipinski definition) is 7. The third-order valence-electron chi connectivity index (χ3n) is 11.8. The van der Waals surface area contributed by atoms with Crippen LogP contribution in [0.3, 0.4) is 0 Å². The first kappa shape index (κ1) is 34.4. The van der Waals surface area contributed by atoms with E-state index in [1.54, 1.807) is 12.0 Å². The summed E-state index contributed by atoms with van der Waals surface area (Å²) in [6.07, 6.45) is 1.88. The minimum atomic E-state index is -2.47. The van der Waals surface area contributed by atoms with Crippen LogP contribution in [-0.4, -0.2) is 74.8 Å². The molecular weight excluding hydrogens is 649 g/mol. The third-order valence-corrected chi connectivity index (χ3v) is 16.1. The van der Waals surface area contributed by atoms with E-state index in [-0.39, 0.29) is 54.2 Å². The fourth-order valence-electron chi connectivity index (χ4n) is 9.06. The predicted octanol–water partition coefficient (Wildman–Crippen LogP) is 4.14. The molecule has 2 fully saturated rings. The van der Waals surface area contributed by atoms with Gasteiger partial charge in [0.1, 0.15) is 5.75 Å². The monoisotopic (exact) mass is 696 g/mol. The van der Waals surface area contributed by atoms with Crippen molar-refractivity contribution < 1.29 is 29.0 Å². The summed E-state index contributed by atoms with van der Waals surface area (Å²) in [5, 5.41) is 21.0. The molecular formula is C39H48N4O6Si. The Morgan fingerprint density at radius 2 is 1.86 bits per heavy atom. The minimum absolute atomic E-state index is 0.0418. The molecule has 50 heavy (non-hydrogen) atoms. The summed E-state index contributed by atoms with van der Waals surface area (Å²) in [5.74, 6) is -0.0412. The number of ether oxygens (including phenoxy) is 2. The lowest BCUT2D eigenvalue weighted by Gasteiger charge is -2.39. The Kier molecular flexibility index (Phi) is 9.36. The number of anilines is 2. The van der Waals surface area contributed by atoms with Gasteiger partial charge < -0.3 is 35.4 Å². The van der Waals surface area contributed by atoms with E-state index in [1.807, 2.05) is 48.5 Å². The van der Waals surface area contributed by atoms with Crippen molar-refractivity contribution in [2.24, 2.45) is 11.8 Å². The zero-order valence-corrected chi connectivity index (χ0v) is 30.3. The van der Waals surface area contributed by atoms with Gasteiger partial charge in [-0.2, -0.15) is 0 Å². The molecule has 2 saturated heterocycles. The van der Waals surface area contributed by atoms with Crippen LogP contribution in [0.2, 0.25) is 18.6 Å². The molecule has 7 rings (SSSR count). The van der Waals surface area contributed by atoms with Gasteiger partial charge in [-0.25, -0.2) is 0 Å². The van der Waals surface area contributed by atoms with Crippen molar-refractivity contribution in [1.29, 1.82) is 0 Å². The van der Waals surface area contributed by atoms with Crippen LogP contribution in [0, 0.1) is 11.8 Å². The molecule has 4 aliphatic rings.